The minimum atomic E-state index is -0.474. The molecule has 1 aromatic carbocycles. The van der Waals surface area contributed by atoms with Gasteiger partial charge in [0.15, 0.2) is 5.82 Å². The highest BCUT2D eigenvalue weighted by Crippen LogP contribution is 2.38. The molecule has 106 valence electrons. The van der Waals surface area contributed by atoms with Crippen LogP contribution in [0.5, 0.6) is 0 Å². The van der Waals surface area contributed by atoms with E-state index in [0.717, 1.165) is 0 Å². The molecule has 7 heteroatoms. The molecule has 2 aromatic rings. The summed E-state index contributed by atoms with van der Waals surface area (Å²) in [4.78, 5) is 15.9. The van der Waals surface area contributed by atoms with E-state index in [1.807, 2.05) is 22.6 Å². The molecular weight excluding hydrogens is 408 g/mol. The normalized spacial score (nSPS) is 20.1. The number of hydrogen-bond acceptors (Lipinski definition) is 3. The molecule has 1 aliphatic rings. The number of nitrogens with zero attached hydrogens (tertiary/aromatic N) is 2. The summed E-state index contributed by atoms with van der Waals surface area (Å²) < 4.78 is 14.1. The molecule has 0 aliphatic heterocycles. The maximum atomic E-state index is 13.7. The summed E-state index contributed by atoms with van der Waals surface area (Å²) in [6.45, 7) is 0. The lowest BCUT2D eigenvalue weighted by molar-refractivity contribution is -0.117. The number of nitrogens with one attached hydrogen (secondary N) is 1. The molecule has 0 radical (unpaired) electrons. The first-order valence-electron chi connectivity index (χ1n) is 6.15. The average molecular weight is 416 g/mol. The molecule has 1 fully saturated rings. The minimum Gasteiger partial charge on any atom is -0.310 e. The Kier molecular flexibility index (Phi) is 3.71. The second kappa shape index (κ2) is 5.39. The van der Waals surface area contributed by atoms with Crippen molar-refractivity contribution in [1.29, 1.82) is 5.26 Å². The molecule has 1 aliphatic carbocycles. The number of aromatic nitrogens is 1. The summed E-state index contributed by atoms with van der Waals surface area (Å²) in [7, 11) is 0. The van der Waals surface area contributed by atoms with E-state index in [2.05, 4.69) is 16.4 Å². The lowest BCUT2D eigenvalue weighted by atomic mass is 10.1. The summed E-state index contributed by atoms with van der Waals surface area (Å²) in [5.74, 6) is -0.775. The lowest BCUT2D eigenvalue weighted by Crippen LogP contribution is -2.15. The zero-order chi connectivity index (χ0) is 15.1. The van der Waals surface area contributed by atoms with E-state index < -0.39 is 5.82 Å². The number of fused-ring (bicyclic) bond motifs is 1. The lowest BCUT2D eigenvalue weighted by Gasteiger charge is -2.07. The van der Waals surface area contributed by atoms with Crippen LogP contribution in [0.15, 0.2) is 18.3 Å². The number of carbonyl (C=O) groups is 1. The van der Waals surface area contributed by atoms with Gasteiger partial charge >= 0.3 is 0 Å². The second-order valence-corrected chi connectivity index (χ2v) is 6.38. The molecule has 1 heterocycles. The van der Waals surface area contributed by atoms with Gasteiger partial charge in [-0.1, -0.05) is 11.6 Å². The fourth-order valence-electron chi connectivity index (χ4n) is 2.11. The molecule has 1 saturated carbocycles. The van der Waals surface area contributed by atoms with E-state index in [0.29, 0.717) is 26.6 Å². The predicted molar refractivity (Wildman–Crippen MR) is 85.3 cm³/mol. The molecule has 0 saturated heterocycles. The Bertz CT molecular complexity index is 805. The van der Waals surface area contributed by atoms with Gasteiger partial charge in [-0.3, -0.25) is 4.79 Å². The zero-order valence-corrected chi connectivity index (χ0v) is 13.4. The first-order valence-corrected chi connectivity index (χ1v) is 7.60. The van der Waals surface area contributed by atoms with Crippen molar-refractivity contribution in [3.8, 4) is 6.07 Å². The van der Waals surface area contributed by atoms with Gasteiger partial charge in [0.05, 0.1) is 26.5 Å². The number of benzene rings is 1. The smallest absolute Gasteiger partial charge is 0.230 e. The maximum Gasteiger partial charge on any atom is 0.230 e. The summed E-state index contributed by atoms with van der Waals surface area (Å²) in [6, 6.07) is 5.35. The second-order valence-electron chi connectivity index (χ2n) is 4.84. The molecular formula is C14H8ClFIN3O. The Morgan fingerprint density at radius 1 is 1.57 bits per heavy atom. The van der Waals surface area contributed by atoms with Crippen LogP contribution in [0.4, 0.5) is 10.2 Å². The Labute approximate surface area is 138 Å². The van der Waals surface area contributed by atoms with Gasteiger partial charge < -0.3 is 5.32 Å². The molecule has 0 unspecified atom stereocenters. The number of carbonyl (C=O) groups excluding carboxylic acids is 1. The molecule has 4 nitrogen and oxygen atoms in total. The van der Waals surface area contributed by atoms with Crippen LogP contribution < -0.4 is 5.32 Å². The van der Waals surface area contributed by atoms with Crippen LogP contribution in [-0.2, 0) is 4.79 Å². The highest BCUT2D eigenvalue weighted by atomic mass is 127. The Balaban J connectivity index is 1.90. The van der Waals surface area contributed by atoms with E-state index in [9.17, 15) is 9.18 Å². The van der Waals surface area contributed by atoms with Crippen molar-refractivity contribution < 1.29 is 9.18 Å². The molecule has 1 N–H and O–H groups in total. The number of rotatable bonds is 2. The van der Waals surface area contributed by atoms with Crippen LogP contribution in [0, 0.1) is 32.6 Å². The van der Waals surface area contributed by atoms with Gasteiger partial charge in [-0.15, -0.1) is 0 Å². The van der Waals surface area contributed by atoms with E-state index >= 15 is 0 Å². The van der Waals surface area contributed by atoms with Crippen molar-refractivity contribution in [2.24, 2.45) is 11.8 Å². The van der Waals surface area contributed by atoms with E-state index in [1.54, 1.807) is 12.1 Å². The zero-order valence-electron chi connectivity index (χ0n) is 10.5. The third kappa shape index (κ3) is 2.68. The predicted octanol–water partition coefficient (Wildman–Crippen LogP) is 3.73. The van der Waals surface area contributed by atoms with E-state index in [-0.39, 0.29) is 22.8 Å². The number of anilines is 1. The largest absolute Gasteiger partial charge is 0.310 e. The van der Waals surface area contributed by atoms with Gasteiger partial charge in [0, 0.05) is 11.6 Å². The molecule has 1 amide bonds. The SMILES string of the molecule is N#C[C@@H]1C[C@H]1C(=O)Nc1cc2cc(I)c(F)c(Cl)c2cn1. The Hall–Kier alpha value is -1.46. The van der Waals surface area contributed by atoms with Crippen molar-refractivity contribution in [2.45, 2.75) is 6.42 Å². The highest BCUT2D eigenvalue weighted by Gasteiger charge is 2.43. The van der Waals surface area contributed by atoms with Crippen LogP contribution in [0.1, 0.15) is 6.42 Å². The Morgan fingerprint density at radius 3 is 3.00 bits per heavy atom. The van der Waals surface area contributed by atoms with Crippen molar-refractivity contribution >= 4 is 56.7 Å². The van der Waals surface area contributed by atoms with Crippen LogP contribution in [-0.4, -0.2) is 10.9 Å². The first-order chi connectivity index (χ1) is 10.0. The number of amides is 1. The molecule has 3 rings (SSSR count). The van der Waals surface area contributed by atoms with Gasteiger partial charge in [0.1, 0.15) is 5.82 Å². The van der Waals surface area contributed by atoms with Crippen molar-refractivity contribution in [1.82, 2.24) is 4.98 Å². The first kappa shape index (κ1) is 14.5. The molecule has 2 atom stereocenters. The monoisotopic (exact) mass is 415 g/mol. The summed E-state index contributed by atoms with van der Waals surface area (Å²) in [5, 5.41) is 12.6. The molecule has 1 aromatic heterocycles. The average Bonchev–Trinajstić information content (AvgIpc) is 3.24. The number of halogens is 3. The fourth-order valence-corrected chi connectivity index (χ4v) is 3.14. The topological polar surface area (TPSA) is 65.8 Å². The highest BCUT2D eigenvalue weighted by molar-refractivity contribution is 14.1. The quantitative estimate of drug-likeness (QED) is 0.600. The van der Waals surface area contributed by atoms with Crippen molar-refractivity contribution in [2.75, 3.05) is 5.32 Å². The van der Waals surface area contributed by atoms with Gasteiger partial charge in [0.2, 0.25) is 5.91 Å². The molecule has 0 bridgehead atoms. The van der Waals surface area contributed by atoms with E-state index in [4.69, 9.17) is 16.9 Å². The van der Waals surface area contributed by atoms with Crippen molar-refractivity contribution in [3.63, 3.8) is 0 Å². The van der Waals surface area contributed by atoms with Gasteiger partial charge in [0.25, 0.3) is 0 Å². The number of hydrogen-bond donors (Lipinski definition) is 1. The Morgan fingerprint density at radius 2 is 2.33 bits per heavy atom. The summed E-state index contributed by atoms with van der Waals surface area (Å²) in [6.07, 6.45) is 2.02. The summed E-state index contributed by atoms with van der Waals surface area (Å²) >= 11 is 7.80. The fraction of sp³-hybridized carbons (Fsp3) is 0.214. The van der Waals surface area contributed by atoms with Crippen LogP contribution in [0.25, 0.3) is 10.8 Å². The third-order valence-electron chi connectivity index (χ3n) is 3.40. The van der Waals surface area contributed by atoms with Gasteiger partial charge in [-0.2, -0.15) is 5.26 Å². The van der Waals surface area contributed by atoms with Crippen LogP contribution in [0.2, 0.25) is 5.02 Å². The van der Waals surface area contributed by atoms with Crippen LogP contribution in [0.3, 0.4) is 0 Å². The standard InChI is InChI=1S/C14H8ClFIN3O/c15-12-9-5-19-11(3-6(9)2-10(17)13(12)16)20-14(21)8-1-7(8)4-18/h2-3,5,7-8H,1H2,(H,19,20,21)/t7-,8+/m0/s1. The van der Waals surface area contributed by atoms with Gasteiger partial charge in [-0.05, 0) is 46.5 Å². The third-order valence-corrected chi connectivity index (χ3v) is 4.56. The maximum absolute atomic E-state index is 13.7. The van der Waals surface area contributed by atoms with Gasteiger partial charge in [-0.25, -0.2) is 9.37 Å². The van der Waals surface area contributed by atoms with E-state index in [1.165, 1.54) is 6.20 Å². The molecule has 21 heavy (non-hydrogen) atoms. The number of pyridine rings is 1. The van der Waals surface area contributed by atoms with Crippen LogP contribution >= 0.6 is 34.2 Å². The summed E-state index contributed by atoms with van der Waals surface area (Å²) in [5.41, 5.74) is 0. The number of nitriles is 1. The molecule has 0 spiro atoms. The van der Waals surface area contributed by atoms with Crippen molar-refractivity contribution in [3.05, 3.63) is 32.7 Å². The minimum absolute atomic E-state index is 0.0222.